The lowest BCUT2D eigenvalue weighted by Crippen LogP contribution is -2.55. The van der Waals surface area contributed by atoms with E-state index in [1.165, 1.54) is 0 Å². The summed E-state index contributed by atoms with van der Waals surface area (Å²) in [5.41, 5.74) is -0.447. The molecule has 1 aliphatic heterocycles. The van der Waals surface area contributed by atoms with Crippen LogP contribution in [0.5, 0.6) is 0 Å². The Balaban J connectivity index is 2.43. The van der Waals surface area contributed by atoms with Gasteiger partial charge in [-0.05, 0) is 53.5 Å². The standard InChI is InChI=1S/C17H35N3O2/c1-8-14(10-18-16(21)22-17(4,5)6)19-15-9-13(3)20(7)11-12(15)2/h12-15,19H,8-11H2,1-7H3,(H,18,21). The normalized spacial score (nSPS) is 28.2. The number of hydrogen-bond acceptors (Lipinski definition) is 4. The van der Waals surface area contributed by atoms with Crippen LogP contribution in [0.25, 0.3) is 0 Å². The number of piperidine rings is 1. The molecule has 0 aliphatic carbocycles. The third-order valence-corrected chi connectivity index (χ3v) is 4.44. The number of nitrogens with zero attached hydrogens (tertiary/aromatic N) is 1. The van der Waals surface area contributed by atoms with Crippen LogP contribution in [0.1, 0.15) is 54.4 Å². The van der Waals surface area contributed by atoms with E-state index in [-0.39, 0.29) is 12.1 Å². The number of ether oxygens (including phenoxy) is 1. The maximum absolute atomic E-state index is 11.8. The zero-order valence-corrected chi connectivity index (χ0v) is 15.4. The largest absolute Gasteiger partial charge is 0.444 e. The average Bonchev–Trinajstić information content (AvgIpc) is 2.38. The molecule has 2 N–H and O–H groups in total. The Hall–Kier alpha value is -0.810. The predicted molar refractivity (Wildman–Crippen MR) is 91.1 cm³/mol. The van der Waals surface area contributed by atoms with Crippen LogP contribution in [0.2, 0.25) is 0 Å². The molecule has 0 bridgehead atoms. The van der Waals surface area contributed by atoms with Crippen molar-refractivity contribution in [3.63, 3.8) is 0 Å². The van der Waals surface area contributed by atoms with Gasteiger partial charge in [-0.3, -0.25) is 0 Å². The van der Waals surface area contributed by atoms with Crippen molar-refractivity contribution in [2.24, 2.45) is 5.92 Å². The second-order valence-corrected chi connectivity index (χ2v) is 7.76. The summed E-state index contributed by atoms with van der Waals surface area (Å²) in [7, 11) is 2.19. The van der Waals surface area contributed by atoms with Gasteiger partial charge in [-0.15, -0.1) is 0 Å². The number of amides is 1. The molecule has 5 nitrogen and oxygen atoms in total. The zero-order chi connectivity index (χ0) is 16.9. The van der Waals surface area contributed by atoms with Gasteiger partial charge in [0.1, 0.15) is 5.60 Å². The van der Waals surface area contributed by atoms with Gasteiger partial charge < -0.3 is 20.3 Å². The summed E-state index contributed by atoms with van der Waals surface area (Å²) in [6.07, 6.45) is 1.81. The van der Waals surface area contributed by atoms with Crippen molar-refractivity contribution in [1.29, 1.82) is 0 Å². The minimum Gasteiger partial charge on any atom is -0.444 e. The lowest BCUT2D eigenvalue weighted by molar-refractivity contribution is 0.0517. The molecule has 1 rings (SSSR count). The van der Waals surface area contributed by atoms with E-state index in [1.807, 2.05) is 20.8 Å². The van der Waals surface area contributed by atoms with Gasteiger partial charge in [0.25, 0.3) is 0 Å². The first-order valence-corrected chi connectivity index (χ1v) is 8.55. The van der Waals surface area contributed by atoms with Crippen LogP contribution in [-0.2, 0) is 4.74 Å². The van der Waals surface area contributed by atoms with Crippen molar-refractivity contribution in [2.75, 3.05) is 20.1 Å². The van der Waals surface area contributed by atoms with Crippen LogP contribution in [-0.4, -0.2) is 54.9 Å². The van der Waals surface area contributed by atoms with E-state index in [9.17, 15) is 4.79 Å². The van der Waals surface area contributed by atoms with Crippen LogP contribution < -0.4 is 10.6 Å². The fourth-order valence-corrected chi connectivity index (χ4v) is 2.92. The minimum atomic E-state index is -0.447. The average molecular weight is 313 g/mol. The number of hydrogen-bond donors (Lipinski definition) is 2. The van der Waals surface area contributed by atoms with E-state index in [0.717, 1.165) is 19.4 Å². The van der Waals surface area contributed by atoms with E-state index in [1.54, 1.807) is 0 Å². The van der Waals surface area contributed by atoms with Gasteiger partial charge in [-0.2, -0.15) is 0 Å². The molecule has 4 unspecified atom stereocenters. The van der Waals surface area contributed by atoms with Crippen LogP contribution in [0.3, 0.4) is 0 Å². The van der Waals surface area contributed by atoms with Crippen molar-refractivity contribution in [2.45, 2.75) is 78.1 Å². The third-order valence-electron chi connectivity index (χ3n) is 4.44. The molecule has 130 valence electrons. The van der Waals surface area contributed by atoms with Crippen molar-refractivity contribution < 1.29 is 9.53 Å². The maximum atomic E-state index is 11.8. The fourth-order valence-electron chi connectivity index (χ4n) is 2.92. The van der Waals surface area contributed by atoms with E-state index in [2.05, 4.69) is 43.4 Å². The molecule has 0 radical (unpaired) electrons. The summed E-state index contributed by atoms with van der Waals surface area (Å²) in [6, 6.07) is 1.40. The summed E-state index contributed by atoms with van der Waals surface area (Å²) in [4.78, 5) is 14.2. The van der Waals surface area contributed by atoms with E-state index >= 15 is 0 Å². The molecular weight excluding hydrogens is 278 g/mol. The van der Waals surface area contributed by atoms with Crippen LogP contribution in [0, 0.1) is 5.92 Å². The van der Waals surface area contributed by atoms with Gasteiger partial charge in [-0.1, -0.05) is 13.8 Å². The SMILES string of the molecule is CCC(CNC(=O)OC(C)(C)C)NC1CC(C)N(C)CC1C. The summed E-state index contributed by atoms with van der Waals surface area (Å²) < 4.78 is 5.29. The summed E-state index contributed by atoms with van der Waals surface area (Å²) in [5, 5.41) is 6.61. The van der Waals surface area contributed by atoms with Crippen LogP contribution >= 0.6 is 0 Å². The van der Waals surface area contributed by atoms with Crippen LogP contribution in [0.4, 0.5) is 4.79 Å². The zero-order valence-electron chi connectivity index (χ0n) is 15.4. The Kier molecular flexibility index (Phi) is 7.13. The van der Waals surface area contributed by atoms with Gasteiger partial charge in [-0.25, -0.2) is 4.79 Å². The number of carbonyl (C=O) groups excluding carboxylic acids is 1. The number of rotatable bonds is 5. The van der Waals surface area contributed by atoms with Crippen molar-refractivity contribution in [3.8, 4) is 0 Å². The number of alkyl carbamates (subject to hydrolysis) is 1. The van der Waals surface area contributed by atoms with Gasteiger partial charge in [0, 0.05) is 31.2 Å². The highest BCUT2D eigenvalue weighted by Gasteiger charge is 2.30. The molecule has 1 amide bonds. The Morgan fingerprint density at radius 3 is 2.55 bits per heavy atom. The Morgan fingerprint density at radius 1 is 1.36 bits per heavy atom. The first-order valence-electron chi connectivity index (χ1n) is 8.55. The van der Waals surface area contributed by atoms with E-state index in [0.29, 0.717) is 24.5 Å². The second kappa shape index (κ2) is 8.16. The molecule has 22 heavy (non-hydrogen) atoms. The van der Waals surface area contributed by atoms with Crippen molar-refractivity contribution >= 4 is 6.09 Å². The lowest BCUT2D eigenvalue weighted by atomic mass is 9.89. The first-order chi connectivity index (χ1) is 10.1. The van der Waals surface area contributed by atoms with Crippen molar-refractivity contribution in [3.05, 3.63) is 0 Å². The lowest BCUT2D eigenvalue weighted by Gasteiger charge is -2.41. The molecule has 1 aliphatic rings. The monoisotopic (exact) mass is 313 g/mol. The molecule has 1 heterocycles. The van der Waals surface area contributed by atoms with Crippen LogP contribution in [0.15, 0.2) is 0 Å². The second-order valence-electron chi connectivity index (χ2n) is 7.76. The number of likely N-dealkylation sites (tertiary alicyclic amines) is 1. The molecule has 0 aromatic rings. The fraction of sp³-hybridized carbons (Fsp3) is 0.941. The molecular formula is C17H35N3O2. The highest BCUT2D eigenvalue weighted by atomic mass is 16.6. The molecule has 0 spiro atoms. The molecule has 1 fully saturated rings. The molecule has 4 atom stereocenters. The Labute approximate surface area is 136 Å². The third kappa shape index (κ3) is 6.53. The Bertz CT molecular complexity index is 354. The summed E-state index contributed by atoms with van der Waals surface area (Å²) >= 11 is 0. The molecule has 0 aromatic carbocycles. The van der Waals surface area contributed by atoms with Gasteiger partial charge >= 0.3 is 6.09 Å². The summed E-state index contributed by atoms with van der Waals surface area (Å²) in [6.45, 7) is 14.1. The van der Waals surface area contributed by atoms with Gasteiger partial charge in [0.05, 0.1) is 0 Å². The van der Waals surface area contributed by atoms with Gasteiger partial charge in [0.2, 0.25) is 0 Å². The molecule has 5 heteroatoms. The van der Waals surface area contributed by atoms with Gasteiger partial charge in [0.15, 0.2) is 0 Å². The topological polar surface area (TPSA) is 53.6 Å². The first kappa shape index (κ1) is 19.2. The van der Waals surface area contributed by atoms with Crippen molar-refractivity contribution in [1.82, 2.24) is 15.5 Å². The van der Waals surface area contributed by atoms with E-state index in [4.69, 9.17) is 4.74 Å². The molecule has 0 aromatic heterocycles. The van der Waals surface area contributed by atoms with E-state index < -0.39 is 5.60 Å². The molecule has 0 saturated carbocycles. The highest BCUT2D eigenvalue weighted by Crippen LogP contribution is 2.21. The minimum absolute atomic E-state index is 0.288. The quantitative estimate of drug-likeness (QED) is 0.819. The maximum Gasteiger partial charge on any atom is 0.407 e. The number of nitrogens with one attached hydrogen (secondary N) is 2. The summed E-state index contributed by atoms with van der Waals surface area (Å²) in [5.74, 6) is 0.622. The molecule has 1 saturated heterocycles. The predicted octanol–water partition coefficient (Wildman–Crippen LogP) is 2.61. The Morgan fingerprint density at radius 2 is 2.00 bits per heavy atom. The highest BCUT2D eigenvalue weighted by molar-refractivity contribution is 5.67. The number of carbonyl (C=O) groups is 1. The smallest absolute Gasteiger partial charge is 0.407 e.